The average molecular weight is 411 g/mol. The number of rotatable bonds is 5. The molecule has 1 aliphatic rings. The summed E-state index contributed by atoms with van der Waals surface area (Å²) in [5.41, 5.74) is 1.67. The molecule has 8 heteroatoms. The van der Waals surface area contributed by atoms with E-state index < -0.39 is 11.2 Å². The Morgan fingerprint density at radius 3 is 2.48 bits per heavy atom. The Labute approximate surface area is 173 Å². The second kappa shape index (κ2) is 9.38. The number of hydrogen-bond donors (Lipinski definition) is 1. The zero-order chi connectivity index (χ0) is 20.8. The Bertz CT molecular complexity index is 929. The fourth-order valence-corrected chi connectivity index (χ4v) is 3.96. The lowest BCUT2D eigenvalue weighted by molar-refractivity contribution is -0.129. The first-order valence-corrected chi connectivity index (χ1v) is 9.99. The molecule has 2 amide bonds. The number of anilines is 1. The monoisotopic (exact) mass is 411 g/mol. The summed E-state index contributed by atoms with van der Waals surface area (Å²) in [7, 11) is 1.32. The molecule has 7 nitrogen and oxygen atoms in total. The van der Waals surface area contributed by atoms with E-state index in [4.69, 9.17) is 0 Å². The van der Waals surface area contributed by atoms with Crippen LogP contribution in [0.5, 0.6) is 0 Å². The van der Waals surface area contributed by atoms with Gasteiger partial charge in [0.1, 0.15) is 5.25 Å². The molecule has 1 aliphatic heterocycles. The van der Waals surface area contributed by atoms with Gasteiger partial charge in [-0.25, -0.2) is 9.79 Å². The zero-order valence-corrected chi connectivity index (χ0v) is 16.9. The first-order valence-electron chi connectivity index (χ1n) is 9.11. The minimum absolute atomic E-state index is 0.109. The number of nitrogens with one attached hydrogen (secondary N) is 1. The van der Waals surface area contributed by atoms with Gasteiger partial charge in [-0.1, -0.05) is 30.0 Å². The molecular formula is C21H21N3O4S. The molecule has 0 bridgehead atoms. The molecule has 1 atom stereocenters. The van der Waals surface area contributed by atoms with Gasteiger partial charge in [-0.15, -0.1) is 0 Å². The molecule has 1 fully saturated rings. The van der Waals surface area contributed by atoms with Crippen LogP contribution in [0.4, 0.5) is 11.4 Å². The molecule has 150 valence electrons. The standard InChI is InChI=1S/C21H21N3O4S/c1-3-24-18(25)13-17(19(26)22-15-7-5-4-6-8-15)29-21(24)23-16-11-9-14(10-12-16)20(27)28-2/h4-12,17H,3,13H2,1-2H3,(H,22,26)/t17-/m0/s1. The van der Waals surface area contributed by atoms with Gasteiger partial charge in [0.15, 0.2) is 5.17 Å². The number of aliphatic imine (C=N–C) groups is 1. The van der Waals surface area contributed by atoms with Crippen molar-refractivity contribution in [3.63, 3.8) is 0 Å². The quantitative estimate of drug-likeness (QED) is 0.762. The van der Waals surface area contributed by atoms with Crippen molar-refractivity contribution in [2.24, 2.45) is 4.99 Å². The van der Waals surface area contributed by atoms with Gasteiger partial charge in [-0.3, -0.25) is 14.5 Å². The third-order valence-electron chi connectivity index (χ3n) is 4.30. The number of para-hydroxylation sites is 1. The third kappa shape index (κ3) is 5.03. The highest BCUT2D eigenvalue weighted by Gasteiger charge is 2.35. The van der Waals surface area contributed by atoms with Gasteiger partial charge >= 0.3 is 5.97 Å². The number of amidine groups is 1. The second-order valence-electron chi connectivity index (χ2n) is 6.24. The molecule has 0 saturated carbocycles. The van der Waals surface area contributed by atoms with E-state index in [-0.39, 0.29) is 18.2 Å². The predicted molar refractivity (Wildman–Crippen MR) is 113 cm³/mol. The molecular weight excluding hydrogens is 390 g/mol. The highest BCUT2D eigenvalue weighted by Crippen LogP contribution is 2.29. The maximum absolute atomic E-state index is 12.6. The van der Waals surface area contributed by atoms with Crippen LogP contribution in [0.3, 0.4) is 0 Å². The summed E-state index contributed by atoms with van der Waals surface area (Å²) in [5.74, 6) is -0.817. The number of amides is 2. The summed E-state index contributed by atoms with van der Waals surface area (Å²) in [6.07, 6.45) is 0.109. The van der Waals surface area contributed by atoms with Crippen LogP contribution >= 0.6 is 11.8 Å². The first kappa shape index (κ1) is 20.6. The normalized spacial score (nSPS) is 17.9. The molecule has 1 N–H and O–H groups in total. The van der Waals surface area contributed by atoms with Crippen LogP contribution < -0.4 is 5.32 Å². The Balaban J connectivity index is 1.80. The highest BCUT2D eigenvalue weighted by atomic mass is 32.2. The Kier molecular flexibility index (Phi) is 6.66. The molecule has 0 aromatic heterocycles. The van der Waals surface area contributed by atoms with E-state index in [1.54, 1.807) is 41.3 Å². The van der Waals surface area contributed by atoms with Crippen LogP contribution in [0.15, 0.2) is 59.6 Å². The Hall–Kier alpha value is -3.13. The number of hydrogen-bond acceptors (Lipinski definition) is 6. The highest BCUT2D eigenvalue weighted by molar-refractivity contribution is 8.15. The van der Waals surface area contributed by atoms with Crippen molar-refractivity contribution in [3.05, 3.63) is 60.2 Å². The summed E-state index contributed by atoms with van der Waals surface area (Å²) >= 11 is 1.26. The maximum atomic E-state index is 12.6. The Morgan fingerprint density at radius 1 is 1.17 bits per heavy atom. The molecule has 3 rings (SSSR count). The summed E-state index contributed by atoms with van der Waals surface area (Å²) in [6.45, 7) is 2.32. The van der Waals surface area contributed by atoms with Gasteiger partial charge in [-0.2, -0.15) is 0 Å². The van der Waals surface area contributed by atoms with E-state index in [0.717, 1.165) is 0 Å². The molecule has 1 saturated heterocycles. The van der Waals surface area contributed by atoms with Crippen molar-refractivity contribution in [1.82, 2.24) is 4.90 Å². The fraction of sp³-hybridized carbons (Fsp3) is 0.238. The number of methoxy groups -OCH3 is 1. The third-order valence-corrected chi connectivity index (χ3v) is 5.49. The largest absolute Gasteiger partial charge is 0.465 e. The van der Waals surface area contributed by atoms with Crippen LogP contribution in [0.25, 0.3) is 0 Å². The van der Waals surface area contributed by atoms with Crippen molar-refractivity contribution in [3.8, 4) is 0 Å². The molecule has 0 radical (unpaired) electrons. The summed E-state index contributed by atoms with van der Waals surface area (Å²) < 4.78 is 4.69. The first-order chi connectivity index (χ1) is 14.0. The number of thioether (sulfide) groups is 1. The maximum Gasteiger partial charge on any atom is 0.337 e. The van der Waals surface area contributed by atoms with Crippen molar-refractivity contribution < 1.29 is 19.1 Å². The lowest BCUT2D eigenvalue weighted by Gasteiger charge is -2.30. The van der Waals surface area contributed by atoms with Gasteiger partial charge in [0.2, 0.25) is 11.8 Å². The van der Waals surface area contributed by atoms with Crippen molar-refractivity contribution in [1.29, 1.82) is 0 Å². The van der Waals surface area contributed by atoms with E-state index in [0.29, 0.717) is 28.7 Å². The van der Waals surface area contributed by atoms with Gasteiger partial charge in [0.05, 0.1) is 18.4 Å². The topological polar surface area (TPSA) is 88.1 Å². The minimum atomic E-state index is -0.571. The van der Waals surface area contributed by atoms with E-state index in [1.807, 2.05) is 25.1 Å². The molecule has 2 aromatic rings. The molecule has 2 aromatic carbocycles. The number of carbonyl (C=O) groups excluding carboxylic acids is 3. The van der Waals surface area contributed by atoms with Gasteiger partial charge in [0, 0.05) is 18.7 Å². The zero-order valence-electron chi connectivity index (χ0n) is 16.1. The lowest BCUT2D eigenvalue weighted by Crippen LogP contribution is -2.45. The summed E-state index contributed by atoms with van der Waals surface area (Å²) in [4.78, 5) is 42.9. The van der Waals surface area contributed by atoms with Gasteiger partial charge < -0.3 is 10.1 Å². The predicted octanol–water partition coefficient (Wildman–Crippen LogP) is 3.45. The van der Waals surface area contributed by atoms with Crippen LogP contribution in [0, 0.1) is 0 Å². The molecule has 0 spiro atoms. The van der Waals surface area contributed by atoms with Crippen molar-refractivity contribution in [2.75, 3.05) is 19.0 Å². The van der Waals surface area contributed by atoms with E-state index in [9.17, 15) is 14.4 Å². The minimum Gasteiger partial charge on any atom is -0.465 e. The van der Waals surface area contributed by atoms with Crippen molar-refractivity contribution in [2.45, 2.75) is 18.6 Å². The number of carbonyl (C=O) groups is 3. The van der Waals surface area contributed by atoms with E-state index in [2.05, 4.69) is 15.0 Å². The number of nitrogens with zero attached hydrogens (tertiary/aromatic N) is 2. The van der Waals surface area contributed by atoms with Gasteiger partial charge in [-0.05, 0) is 43.3 Å². The molecule has 0 aliphatic carbocycles. The number of benzene rings is 2. The van der Waals surface area contributed by atoms with Crippen LogP contribution in [0.1, 0.15) is 23.7 Å². The summed E-state index contributed by atoms with van der Waals surface area (Å²) in [5, 5.41) is 2.73. The molecule has 0 unspecified atom stereocenters. The van der Waals surface area contributed by atoms with E-state index in [1.165, 1.54) is 18.9 Å². The lowest BCUT2D eigenvalue weighted by atomic mass is 10.2. The summed E-state index contributed by atoms with van der Waals surface area (Å²) in [6, 6.07) is 15.7. The molecule has 29 heavy (non-hydrogen) atoms. The van der Waals surface area contributed by atoms with Crippen LogP contribution in [0.2, 0.25) is 0 Å². The van der Waals surface area contributed by atoms with Crippen LogP contribution in [-0.2, 0) is 14.3 Å². The Morgan fingerprint density at radius 2 is 1.86 bits per heavy atom. The van der Waals surface area contributed by atoms with E-state index >= 15 is 0 Å². The van der Waals surface area contributed by atoms with Crippen LogP contribution in [-0.4, -0.2) is 46.8 Å². The smallest absolute Gasteiger partial charge is 0.337 e. The average Bonchev–Trinajstić information content (AvgIpc) is 2.74. The second-order valence-corrected chi connectivity index (χ2v) is 7.41. The number of esters is 1. The SMILES string of the molecule is CCN1C(=O)C[C@@H](C(=O)Nc2ccccc2)SC1=Nc1ccc(C(=O)OC)cc1. The van der Waals surface area contributed by atoms with Crippen molar-refractivity contribution >= 4 is 46.1 Å². The van der Waals surface area contributed by atoms with Gasteiger partial charge in [0.25, 0.3) is 0 Å². The fourth-order valence-electron chi connectivity index (χ4n) is 2.80. The molecule has 1 heterocycles. The number of ether oxygens (including phenoxy) is 1.